The Balaban J connectivity index is 0.000000136. The Morgan fingerprint density at radius 2 is 0.726 bits per heavy atom. The summed E-state index contributed by atoms with van der Waals surface area (Å²) >= 11 is 0. The number of nitrogens with zero attached hydrogens (tertiary/aromatic N) is 4. The van der Waals surface area contributed by atoms with Crippen molar-refractivity contribution >= 4 is 87.8 Å². The number of rotatable bonds is 5. The predicted octanol–water partition coefficient (Wildman–Crippen LogP) is 21.1. The van der Waals surface area contributed by atoms with E-state index in [1.807, 2.05) is 148 Å². The number of benzene rings is 8. The molecule has 8 heterocycles. The largest absolute Gasteiger partial charge is 0.455 e. The van der Waals surface area contributed by atoms with E-state index in [1.165, 1.54) is 6.92 Å². The van der Waals surface area contributed by atoms with Crippen molar-refractivity contribution in [2.45, 2.75) is 102 Å². The molecule has 0 N–H and O–H groups in total. The molecule has 0 saturated heterocycles. The molecule has 8 aromatic carbocycles. The third-order valence-corrected chi connectivity index (χ3v) is 18.0. The Hall–Kier alpha value is -10.4. The number of para-hydroxylation sites is 4. The monoisotopic (exact) mass is 1270 g/mol. The van der Waals surface area contributed by atoms with Crippen molar-refractivity contribution in [1.29, 1.82) is 0 Å². The Bertz CT molecular complexity index is 6640. The van der Waals surface area contributed by atoms with Crippen LogP contribution in [-0.4, -0.2) is 0 Å². The second kappa shape index (κ2) is 25.1. The van der Waals surface area contributed by atoms with Gasteiger partial charge in [-0.05, 0) is 175 Å². The number of fused-ring (bicyclic) bond motifs is 12. The van der Waals surface area contributed by atoms with Gasteiger partial charge in [0.15, 0.2) is 24.8 Å². The normalized spacial score (nSPS) is 16.5. The Morgan fingerprint density at radius 1 is 0.326 bits per heavy atom. The molecule has 8 heteroatoms. The minimum Gasteiger partial charge on any atom is -0.455 e. The summed E-state index contributed by atoms with van der Waals surface area (Å²) in [5, 5.41) is 6.03. The van der Waals surface area contributed by atoms with Crippen LogP contribution in [0.15, 0.2) is 206 Å². The molecule has 1 atom stereocenters. The van der Waals surface area contributed by atoms with Crippen molar-refractivity contribution in [2.24, 2.45) is 28.2 Å². The fourth-order valence-electron chi connectivity index (χ4n) is 13.2. The van der Waals surface area contributed by atoms with Crippen molar-refractivity contribution in [3.8, 4) is 45.0 Å². The maximum Gasteiger partial charge on any atom is 0.216 e. The zero-order valence-corrected chi connectivity index (χ0v) is 54.8. The molecular weight excluding hydrogens is 1160 g/mol. The molecule has 95 heavy (non-hydrogen) atoms. The summed E-state index contributed by atoms with van der Waals surface area (Å²) in [7, 11) is 7.26. The number of aromatic nitrogens is 4. The topological polar surface area (TPSA) is 68.1 Å². The van der Waals surface area contributed by atoms with Gasteiger partial charge in [0.2, 0.25) is 22.8 Å². The van der Waals surface area contributed by atoms with E-state index < -0.39 is 53.9 Å². The number of pyridine rings is 4. The summed E-state index contributed by atoms with van der Waals surface area (Å²) in [6.07, 6.45) is 6.62. The van der Waals surface area contributed by atoms with Crippen LogP contribution in [0.5, 0.6) is 0 Å². The summed E-state index contributed by atoms with van der Waals surface area (Å²) in [6, 6.07) is 49.7. The lowest BCUT2D eigenvalue weighted by atomic mass is 9.95. The van der Waals surface area contributed by atoms with Crippen LogP contribution >= 0.6 is 0 Å². The molecule has 0 aliphatic rings. The van der Waals surface area contributed by atoms with Gasteiger partial charge < -0.3 is 17.7 Å². The van der Waals surface area contributed by atoms with Gasteiger partial charge in [-0.15, -0.1) is 0 Å². The number of hydrogen-bond donors (Lipinski definition) is 0. The fourth-order valence-corrected chi connectivity index (χ4v) is 13.2. The maximum absolute atomic E-state index is 8.50. The van der Waals surface area contributed by atoms with Crippen molar-refractivity contribution in [1.82, 2.24) is 0 Å². The molecule has 16 rings (SSSR count). The van der Waals surface area contributed by atoms with E-state index in [0.717, 1.165) is 88.7 Å². The number of hydrogen-bond acceptors (Lipinski definition) is 4. The molecule has 474 valence electrons. The molecule has 0 amide bonds. The molecular formula is C87H86N4O4+4. The molecule has 1 unspecified atom stereocenters. The average molecular weight is 1270 g/mol. The van der Waals surface area contributed by atoms with Crippen molar-refractivity contribution < 1.29 is 66.1 Å². The van der Waals surface area contributed by atoms with Crippen molar-refractivity contribution in [3.05, 3.63) is 261 Å². The summed E-state index contributed by atoms with van der Waals surface area (Å²) in [4.78, 5) is 0. The maximum atomic E-state index is 8.50. The highest BCUT2D eigenvalue weighted by Gasteiger charge is 2.27. The van der Waals surface area contributed by atoms with Gasteiger partial charge in [0.1, 0.15) is 72.9 Å². The van der Waals surface area contributed by atoms with Gasteiger partial charge in [-0.1, -0.05) is 117 Å². The van der Waals surface area contributed by atoms with E-state index in [1.54, 1.807) is 103 Å². The zero-order chi connectivity index (χ0) is 85.4. The number of aryl methyl sites for hydroxylation is 16. The lowest BCUT2D eigenvalue weighted by Gasteiger charge is -2.10. The second-order valence-corrected chi connectivity index (χ2v) is 24.7. The average Bonchev–Trinajstić information content (AvgIpc) is 1.61. The zero-order valence-electron chi connectivity index (χ0n) is 76.8. The molecule has 0 radical (unpaired) electrons. The summed E-state index contributed by atoms with van der Waals surface area (Å²) in [5.41, 5.74) is 17.8. The molecule has 16 aromatic rings. The van der Waals surface area contributed by atoms with E-state index in [2.05, 4.69) is 25.1 Å². The first kappa shape index (κ1) is 42.0. The van der Waals surface area contributed by atoms with Crippen LogP contribution in [0, 0.1) is 82.7 Å². The lowest BCUT2D eigenvalue weighted by molar-refractivity contribution is -0.660. The highest BCUT2D eigenvalue weighted by Crippen LogP contribution is 2.43. The van der Waals surface area contributed by atoms with E-state index in [4.69, 9.17) is 47.8 Å². The minimum absolute atomic E-state index is 0.213. The highest BCUT2D eigenvalue weighted by molar-refractivity contribution is 6.14. The van der Waals surface area contributed by atoms with Crippen LogP contribution in [0.2, 0.25) is 0 Å². The quantitative estimate of drug-likeness (QED) is 0.161. The fraction of sp³-hybridized carbons (Fsp3) is 0.218. The van der Waals surface area contributed by atoms with Crippen LogP contribution in [0.25, 0.3) is 133 Å². The summed E-state index contributed by atoms with van der Waals surface area (Å²) in [5.74, 6) is -1.81. The second-order valence-electron chi connectivity index (χ2n) is 24.7. The first-order valence-electron chi connectivity index (χ1n) is 42.2. The van der Waals surface area contributed by atoms with Crippen molar-refractivity contribution in [2.75, 3.05) is 0 Å². The van der Waals surface area contributed by atoms with E-state index in [0.29, 0.717) is 88.6 Å². The summed E-state index contributed by atoms with van der Waals surface area (Å²) < 4.78 is 205. The first-order valence-corrected chi connectivity index (χ1v) is 31.2. The minimum atomic E-state index is -2.51. The van der Waals surface area contributed by atoms with Crippen LogP contribution < -0.4 is 18.3 Å². The van der Waals surface area contributed by atoms with E-state index in [-0.39, 0.29) is 27.8 Å². The van der Waals surface area contributed by atoms with Crippen LogP contribution in [0.3, 0.4) is 0 Å². The van der Waals surface area contributed by atoms with Crippen LogP contribution in [0.1, 0.15) is 122 Å². The molecule has 0 fully saturated rings. The molecule has 8 aromatic heterocycles. The Labute approximate surface area is 588 Å². The third-order valence-electron chi connectivity index (χ3n) is 18.0. The smallest absolute Gasteiger partial charge is 0.216 e. The van der Waals surface area contributed by atoms with Gasteiger partial charge in [-0.25, -0.2) is 18.3 Å². The van der Waals surface area contributed by atoms with Gasteiger partial charge in [0.25, 0.3) is 0 Å². The predicted molar refractivity (Wildman–Crippen MR) is 392 cm³/mol. The van der Waals surface area contributed by atoms with Gasteiger partial charge >= 0.3 is 0 Å². The Kier molecular flexibility index (Phi) is 11.1. The Morgan fingerprint density at radius 3 is 1.17 bits per heavy atom. The van der Waals surface area contributed by atoms with Gasteiger partial charge in [0, 0.05) is 120 Å². The van der Waals surface area contributed by atoms with Crippen LogP contribution in [0.4, 0.5) is 0 Å². The SMILES string of the molecule is [2H]C([2H])([2H])c1c[n+](C)c(-c2c(C)cc(C([2H])([2H])[2H])c3c2oc2ccccc23)cc1C.[2H]C([2H])([2H])c1c[n+](C)c(-c2c(C)ccc3c2oc2ccccc23)cc1C.[2H]C([2H])([2H])c1cc(C)c(-c2cc(C([2H])(C)C([2H])([2H])[2H])cc[n+]2C)c2oc3ccccc3c12.[2H]C([2H])([2H])c1ccc(-c2c(C)cc(C([2H])([2H])[2H])c3c2oc2ccccc23)[n+](C)c1. The van der Waals surface area contributed by atoms with Crippen molar-refractivity contribution in [3.63, 3.8) is 0 Å². The van der Waals surface area contributed by atoms with E-state index >= 15 is 0 Å². The number of furan rings is 4. The molecule has 0 saturated carbocycles. The lowest BCUT2D eigenvalue weighted by Crippen LogP contribution is -2.31. The molecule has 0 aliphatic carbocycles. The highest BCUT2D eigenvalue weighted by atomic mass is 16.3. The van der Waals surface area contributed by atoms with Crippen LogP contribution in [-0.2, 0) is 28.2 Å². The third kappa shape index (κ3) is 11.4. The summed E-state index contributed by atoms with van der Waals surface area (Å²) in [6.45, 7) is -3.42. The molecule has 8 nitrogen and oxygen atoms in total. The molecule has 0 aliphatic heterocycles. The standard InChI is InChI=1S/C23H24NO.C22H22NO.2C21H20NO/c1-14(2)17-10-11-24(5)19(13-17)22-16(4)12-15(3)21-18-8-6-7-9-20(18)25-23(21)22;1-13-11-18(23(5)12-16(13)4)21-15(3)10-14(2)20-17-8-6-7-9-19(17)24-22(20)21;1-13-9-10-17-16-7-5-6-8-19(16)23-21(17)20(13)18-11-14(2)15(3)12-22(18)4;1-13-9-10-17(22(4)12-13)20-15(3)11-14(2)19-16-7-5-6-8-18(16)23-21(19)20/h6-14H,1-5H3;6-12H,1-5H3;2*5-12H,1-4H3/q4*+1/i1D3,3D3,14D;2D3,4D3;3D3;1D3,2D3. The first-order chi connectivity index (χ1) is 54.4. The molecule has 0 spiro atoms. The van der Waals surface area contributed by atoms with Gasteiger partial charge in [-0.3, -0.25) is 0 Å². The van der Waals surface area contributed by atoms with E-state index in [9.17, 15) is 0 Å². The molecule has 0 bridgehead atoms. The van der Waals surface area contributed by atoms with Gasteiger partial charge in [-0.2, -0.15) is 0 Å². The van der Waals surface area contributed by atoms with Gasteiger partial charge in [0.05, 0.1) is 22.3 Å².